The zero-order valence-corrected chi connectivity index (χ0v) is 9.75. The van der Waals surface area contributed by atoms with Crippen LogP contribution in [0.3, 0.4) is 0 Å². The molecule has 1 aromatic rings. The van der Waals surface area contributed by atoms with Gasteiger partial charge in [-0.1, -0.05) is 6.92 Å². The van der Waals surface area contributed by atoms with E-state index in [1.54, 1.807) is 0 Å². The summed E-state index contributed by atoms with van der Waals surface area (Å²) in [6, 6.07) is 0. The van der Waals surface area contributed by atoms with Crippen LogP contribution < -0.4 is 16.6 Å². The maximum atomic E-state index is 8.77. The van der Waals surface area contributed by atoms with E-state index in [0.717, 1.165) is 30.0 Å². The van der Waals surface area contributed by atoms with Gasteiger partial charge >= 0.3 is 0 Å². The monoisotopic (exact) mass is 225 g/mol. The van der Waals surface area contributed by atoms with Crippen LogP contribution in [0.5, 0.6) is 0 Å². The Morgan fingerprint density at radius 3 is 2.56 bits per heavy atom. The predicted octanol–water partition coefficient (Wildman–Crippen LogP) is 0.427. The lowest BCUT2D eigenvalue weighted by atomic mass is 10.2. The first-order valence-electron chi connectivity index (χ1n) is 5.41. The third-order valence-electron chi connectivity index (χ3n) is 2.21. The number of hydrazine groups is 1. The molecule has 0 fully saturated rings. The van der Waals surface area contributed by atoms with Gasteiger partial charge in [0.05, 0.1) is 6.61 Å². The SMILES string of the molecule is CCCc1nc(NN)c(C)c(NCCO)n1. The van der Waals surface area contributed by atoms with E-state index >= 15 is 0 Å². The molecule has 0 spiro atoms. The lowest BCUT2D eigenvalue weighted by Gasteiger charge is -2.12. The predicted molar refractivity (Wildman–Crippen MR) is 64.1 cm³/mol. The molecule has 5 N–H and O–H groups in total. The van der Waals surface area contributed by atoms with Crippen molar-refractivity contribution in [1.29, 1.82) is 0 Å². The molecule has 0 saturated carbocycles. The first-order chi connectivity index (χ1) is 7.72. The van der Waals surface area contributed by atoms with Crippen molar-refractivity contribution >= 4 is 11.6 Å². The van der Waals surface area contributed by atoms with E-state index in [9.17, 15) is 0 Å². The average Bonchev–Trinajstić information content (AvgIpc) is 2.29. The normalized spacial score (nSPS) is 10.2. The first kappa shape index (κ1) is 12.7. The molecular weight excluding hydrogens is 206 g/mol. The highest BCUT2D eigenvalue weighted by molar-refractivity contribution is 5.56. The molecule has 0 aromatic carbocycles. The Morgan fingerprint density at radius 1 is 1.31 bits per heavy atom. The Hall–Kier alpha value is -1.40. The van der Waals surface area contributed by atoms with Gasteiger partial charge in [-0.3, -0.25) is 0 Å². The van der Waals surface area contributed by atoms with E-state index in [-0.39, 0.29) is 6.61 Å². The quantitative estimate of drug-likeness (QED) is 0.414. The number of aliphatic hydroxyl groups excluding tert-OH is 1. The van der Waals surface area contributed by atoms with Crippen molar-refractivity contribution in [2.45, 2.75) is 26.7 Å². The Labute approximate surface area is 95.3 Å². The smallest absolute Gasteiger partial charge is 0.148 e. The summed E-state index contributed by atoms with van der Waals surface area (Å²) in [5.74, 6) is 7.49. The molecule has 0 amide bonds. The standard InChI is InChI=1S/C10H19N5O/c1-3-4-8-13-9(12-5-6-16)7(2)10(14-8)15-11/h16H,3-6,11H2,1-2H3,(H2,12,13,14,15). The molecule has 16 heavy (non-hydrogen) atoms. The fraction of sp³-hybridized carbons (Fsp3) is 0.600. The molecule has 0 aliphatic rings. The van der Waals surface area contributed by atoms with Gasteiger partial charge in [-0.25, -0.2) is 15.8 Å². The molecule has 90 valence electrons. The molecule has 1 aromatic heterocycles. The zero-order valence-electron chi connectivity index (χ0n) is 9.75. The van der Waals surface area contributed by atoms with Crippen molar-refractivity contribution in [3.63, 3.8) is 0 Å². The van der Waals surface area contributed by atoms with Gasteiger partial charge in [0.1, 0.15) is 17.5 Å². The highest BCUT2D eigenvalue weighted by Gasteiger charge is 2.09. The van der Waals surface area contributed by atoms with Crippen LogP contribution in [0.2, 0.25) is 0 Å². The Morgan fingerprint density at radius 2 is 2.00 bits per heavy atom. The summed E-state index contributed by atoms with van der Waals surface area (Å²) in [4.78, 5) is 8.68. The Kier molecular flexibility index (Phi) is 4.94. The largest absolute Gasteiger partial charge is 0.395 e. The van der Waals surface area contributed by atoms with Crippen molar-refractivity contribution < 1.29 is 5.11 Å². The molecule has 0 atom stereocenters. The minimum atomic E-state index is 0.0674. The highest BCUT2D eigenvalue weighted by Crippen LogP contribution is 2.19. The fourth-order valence-electron chi connectivity index (χ4n) is 1.39. The molecule has 6 heteroatoms. The number of aryl methyl sites for hydroxylation is 1. The number of nitrogens with zero attached hydrogens (tertiary/aromatic N) is 2. The molecule has 1 rings (SSSR count). The zero-order chi connectivity index (χ0) is 12.0. The van der Waals surface area contributed by atoms with Gasteiger partial charge in [0, 0.05) is 18.5 Å². The van der Waals surface area contributed by atoms with Crippen LogP contribution in [-0.4, -0.2) is 28.2 Å². The van der Waals surface area contributed by atoms with Crippen LogP contribution >= 0.6 is 0 Å². The van der Waals surface area contributed by atoms with Gasteiger partial charge in [0.2, 0.25) is 0 Å². The summed E-state index contributed by atoms with van der Waals surface area (Å²) in [6.07, 6.45) is 1.79. The van der Waals surface area contributed by atoms with Crippen LogP contribution in [0.15, 0.2) is 0 Å². The van der Waals surface area contributed by atoms with Gasteiger partial charge in [0.15, 0.2) is 0 Å². The summed E-state index contributed by atoms with van der Waals surface area (Å²) in [5.41, 5.74) is 3.41. The van der Waals surface area contributed by atoms with Gasteiger partial charge in [-0.15, -0.1) is 0 Å². The van der Waals surface area contributed by atoms with Crippen LogP contribution in [0, 0.1) is 6.92 Å². The molecule has 0 aliphatic carbocycles. The summed E-state index contributed by atoms with van der Waals surface area (Å²) < 4.78 is 0. The van der Waals surface area contributed by atoms with Crippen molar-refractivity contribution in [2.75, 3.05) is 23.9 Å². The van der Waals surface area contributed by atoms with E-state index in [0.29, 0.717) is 12.4 Å². The second kappa shape index (κ2) is 6.24. The van der Waals surface area contributed by atoms with Crippen LogP contribution in [0.1, 0.15) is 24.7 Å². The molecule has 0 bridgehead atoms. The van der Waals surface area contributed by atoms with E-state index < -0.39 is 0 Å². The van der Waals surface area contributed by atoms with Gasteiger partial charge in [-0.2, -0.15) is 0 Å². The number of anilines is 2. The van der Waals surface area contributed by atoms with Gasteiger partial charge in [-0.05, 0) is 13.3 Å². The van der Waals surface area contributed by atoms with Crippen LogP contribution in [0.25, 0.3) is 0 Å². The summed E-state index contributed by atoms with van der Waals surface area (Å²) >= 11 is 0. The minimum Gasteiger partial charge on any atom is -0.395 e. The number of hydrogen-bond acceptors (Lipinski definition) is 6. The number of nitrogens with two attached hydrogens (primary N) is 1. The number of nitrogens with one attached hydrogen (secondary N) is 2. The van der Waals surface area contributed by atoms with Crippen molar-refractivity contribution in [3.8, 4) is 0 Å². The number of nitrogen functional groups attached to an aromatic ring is 1. The van der Waals surface area contributed by atoms with Crippen LogP contribution in [0.4, 0.5) is 11.6 Å². The molecule has 0 radical (unpaired) electrons. The molecular formula is C10H19N5O. The first-order valence-corrected chi connectivity index (χ1v) is 5.41. The summed E-state index contributed by atoms with van der Waals surface area (Å²) in [6.45, 7) is 4.48. The highest BCUT2D eigenvalue weighted by atomic mass is 16.3. The molecule has 6 nitrogen and oxygen atoms in total. The number of rotatable bonds is 6. The lowest BCUT2D eigenvalue weighted by Crippen LogP contribution is -2.16. The van der Waals surface area contributed by atoms with E-state index in [2.05, 4.69) is 27.6 Å². The van der Waals surface area contributed by atoms with E-state index in [1.807, 2.05) is 6.92 Å². The molecule has 0 saturated heterocycles. The van der Waals surface area contributed by atoms with Gasteiger partial charge in [0.25, 0.3) is 0 Å². The van der Waals surface area contributed by atoms with E-state index in [1.165, 1.54) is 0 Å². The summed E-state index contributed by atoms with van der Waals surface area (Å²) in [5, 5.41) is 11.8. The second-order valence-electron chi connectivity index (χ2n) is 3.51. The molecule has 0 unspecified atom stereocenters. The summed E-state index contributed by atoms with van der Waals surface area (Å²) in [7, 11) is 0. The van der Waals surface area contributed by atoms with E-state index in [4.69, 9.17) is 10.9 Å². The molecule has 0 aliphatic heterocycles. The number of hydrogen-bond donors (Lipinski definition) is 4. The molecule has 1 heterocycles. The number of aliphatic hydroxyl groups is 1. The van der Waals surface area contributed by atoms with Crippen LogP contribution in [-0.2, 0) is 6.42 Å². The Balaban J connectivity index is 2.98. The Bertz CT molecular complexity index is 342. The number of aromatic nitrogens is 2. The van der Waals surface area contributed by atoms with Crippen molar-refractivity contribution in [1.82, 2.24) is 9.97 Å². The second-order valence-corrected chi connectivity index (χ2v) is 3.51. The minimum absolute atomic E-state index is 0.0674. The maximum Gasteiger partial charge on any atom is 0.148 e. The lowest BCUT2D eigenvalue weighted by molar-refractivity contribution is 0.311. The fourth-order valence-corrected chi connectivity index (χ4v) is 1.39. The van der Waals surface area contributed by atoms with Gasteiger partial charge < -0.3 is 15.8 Å². The average molecular weight is 225 g/mol. The third-order valence-corrected chi connectivity index (χ3v) is 2.21. The third kappa shape index (κ3) is 3.04. The van der Waals surface area contributed by atoms with Crippen molar-refractivity contribution in [2.24, 2.45) is 5.84 Å². The topological polar surface area (TPSA) is 96.1 Å². The van der Waals surface area contributed by atoms with Crippen molar-refractivity contribution in [3.05, 3.63) is 11.4 Å². The maximum absolute atomic E-state index is 8.77.